The van der Waals surface area contributed by atoms with Crippen molar-refractivity contribution in [1.29, 1.82) is 0 Å². The monoisotopic (exact) mass is 1500 g/mol. The number of aliphatic hydroxyl groups is 1. The van der Waals surface area contributed by atoms with Crippen molar-refractivity contribution in [2.45, 2.75) is 329 Å². The van der Waals surface area contributed by atoms with Crippen molar-refractivity contribution in [2.24, 2.45) is 0 Å². The zero-order chi connectivity index (χ0) is 76.0. The van der Waals surface area contributed by atoms with Gasteiger partial charge in [0.1, 0.15) is 19.3 Å². The summed E-state index contributed by atoms with van der Waals surface area (Å²) in [6.45, 7) is 4.46. The first kappa shape index (κ1) is 98.9. The molecule has 0 amide bonds. The molecule has 0 bridgehead atoms. The number of allylic oxidation sites excluding steroid dienone is 23. The molecule has 0 fully saturated rings. The van der Waals surface area contributed by atoms with E-state index in [1.165, 1.54) is 44.9 Å². The van der Waals surface area contributed by atoms with Crippen molar-refractivity contribution in [3.63, 3.8) is 0 Å². The molecule has 0 rings (SSSR count). The molecule has 0 radical (unpaired) electrons. The summed E-state index contributed by atoms with van der Waals surface area (Å²) in [6, 6.07) is 0. The van der Waals surface area contributed by atoms with Crippen LogP contribution in [-0.4, -0.2) is 96.7 Å². The number of phosphoric acid groups is 2. The molecule has 0 spiro atoms. The molecule has 104 heavy (non-hydrogen) atoms. The van der Waals surface area contributed by atoms with Crippen LogP contribution in [-0.2, 0) is 65.4 Å². The summed E-state index contributed by atoms with van der Waals surface area (Å²) in [5, 5.41) is 10.6. The van der Waals surface area contributed by atoms with E-state index in [9.17, 15) is 43.2 Å². The van der Waals surface area contributed by atoms with E-state index in [2.05, 4.69) is 149 Å². The highest BCUT2D eigenvalue weighted by Crippen LogP contribution is 2.45. The number of hydrogen-bond donors (Lipinski definition) is 3. The second-order valence-electron chi connectivity index (χ2n) is 26.3. The number of rotatable bonds is 74. The maximum absolute atomic E-state index is 13.1. The Morgan fingerprint density at radius 2 is 0.538 bits per heavy atom. The van der Waals surface area contributed by atoms with Crippen LogP contribution in [0.4, 0.5) is 0 Å². The van der Waals surface area contributed by atoms with Crippen molar-refractivity contribution >= 4 is 39.5 Å². The van der Waals surface area contributed by atoms with Gasteiger partial charge in [0.2, 0.25) is 0 Å². The molecule has 594 valence electrons. The fourth-order valence-electron chi connectivity index (χ4n) is 10.2. The standard InChI is InChI=1S/C85H142O17P2/c1-5-9-13-17-21-25-29-33-36-38-39-41-43-47-50-54-58-62-66-70-83(88)96-76-81(102-85(90)72-68-64-60-56-52-48-44-40-37-34-30-26-22-18-14-10-6-2)78-100-104(93,94)98-74-79(86)73-97-103(91,92)99-77-80(101-84(89)71-67-63-59-55-51-45-32-28-24-20-16-12-8-4)75-95-82(87)69-65-61-57-53-49-46-42-35-31-27-23-19-15-11-7-3/h10-11,14-15,21-23,25-28,32-37,39,41-42,49,53,61,65,79-81,86H,5-9,12-13,16-20,24,29-31,38,40,43-48,50-52,54-60,62-64,66-78H2,1-4H3,(H,91,92)(H,93,94)/b14-10-,15-11-,25-21-,26-22-,27-23-,32-28-,36-33-,37-34-,41-39-,42-35-,53-49-,65-61-. The second-order valence-corrected chi connectivity index (χ2v) is 29.2. The first-order chi connectivity index (χ1) is 50.7. The highest BCUT2D eigenvalue weighted by molar-refractivity contribution is 7.47. The molecule has 0 aromatic heterocycles. The summed E-state index contributed by atoms with van der Waals surface area (Å²) in [5.41, 5.74) is 0. The fourth-order valence-corrected chi connectivity index (χ4v) is 11.8. The van der Waals surface area contributed by atoms with Gasteiger partial charge in [-0.25, -0.2) is 9.13 Å². The predicted molar refractivity (Wildman–Crippen MR) is 427 cm³/mol. The maximum Gasteiger partial charge on any atom is 0.472 e. The Kier molecular flexibility index (Phi) is 72.4. The third-order valence-electron chi connectivity index (χ3n) is 16.3. The summed E-state index contributed by atoms with van der Waals surface area (Å²) in [6.07, 6.45) is 87.1. The van der Waals surface area contributed by atoms with Gasteiger partial charge in [-0.1, -0.05) is 283 Å². The number of aliphatic hydroxyl groups excluding tert-OH is 1. The Morgan fingerprint density at radius 3 is 0.885 bits per heavy atom. The molecule has 0 aliphatic heterocycles. The van der Waals surface area contributed by atoms with Gasteiger partial charge in [0.15, 0.2) is 12.2 Å². The lowest BCUT2D eigenvalue weighted by Crippen LogP contribution is -2.30. The third kappa shape index (κ3) is 75.2. The summed E-state index contributed by atoms with van der Waals surface area (Å²) in [5.74, 6) is -2.36. The maximum atomic E-state index is 13.1. The van der Waals surface area contributed by atoms with Gasteiger partial charge >= 0.3 is 39.5 Å². The van der Waals surface area contributed by atoms with Crippen LogP contribution in [0.2, 0.25) is 0 Å². The third-order valence-corrected chi connectivity index (χ3v) is 18.2. The van der Waals surface area contributed by atoms with Crippen LogP contribution < -0.4 is 0 Å². The van der Waals surface area contributed by atoms with E-state index in [1.807, 2.05) is 18.2 Å². The van der Waals surface area contributed by atoms with Crippen molar-refractivity contribution in [1.82, 2.24) is 0 Å². The smallest absolute Gasteiger partial charge is 0.462 e. The number of esters is 4. The van der Waals surface area contributed by atoms with Gasteiger partial charge in [0, 0.05) is 19.3 Å². The van der Waals surface area contributed by atoms with Gasteiger partial charge in [0.05, 0.1) is 32.8 Å². The molecule has 5 atom stereocenters. The number of unbranched alkanes of at least 4 members (excludes halogenated alkanes) is 25. The predicted octanol–water partition coefficient (Wildman–Crippen LogP) is 23.4. The molecule has 17 nitrogen and oxygen atoms in total. The lowest BCUT2D eigenvalue weighted by atomic mass is 10.1. The average molecular weight is 1500 g/mol. The van der Waals surface area contributed by atoms with Crippen LogP contribution in [0.15, 0.2) is 146 Å². The summed E-state index contributed by atoms with van der Waals surface area (Å²) < 4.78 is 68.5. The summed E-state index contributed by atoms with van der Waals surface area (Å²) in [4.78, 5) is 73.0. The molecular formula is C85H142O17P2. The fraction of sp³-hybridized carbons (Fsp3) is 0.671. The zero-order valence-electron chi connectivity index (χ0n) is 64.9. The largest absolute Gasteiger partial charge is 0.472 e. The Morgan fingerprint density at radius 1 is 0.288 bits per heavy atom. The van der Waals surface area contributed by atoms with E-state index in [4.69, 9.17) is 37.0 Å². The lowest BCUT2D eigenvalue weighted by molar-refractivity contribution is -0.161. The molecule has 19 heteroatoms. The van der Waals surface area contributed by atoms with Crippen molar-refractivity contribution < 1.29 is 80.2 Å². The van der Waals surface area contributed by atoms with Crippen LogP contribution in [0.25, 0.3) is 0 Å². The van der Waals surface area contributed by atoms with E-state index in [0.717, 1.165) is 186 Å². The minimum atomic E-state index is -5.00. The number of hydrogen-bond acceptors (Lipinski definition) is 15. The van der Waals surface area contributed by atoms with Crippen LogP contribution >= 0.6 is 15.6 Å². The molecule has 0 saturated carbocycles. The second kappa shape index (κ2) is 76.1. The first-order valence-electron chi connectivity index (χ1n) is 40.1. The van der Waals surface area contributed by atoms with Crippen molar-refractivity contribution in [2.75, 3.05) is 39.6 Å². The van der Waals surface area contributed by atoms with E-state index < -0.39 is 97.5 Å². The highest BCUT2D eigenvalue weighted by Gasteiger charge is 2.30. The topological polar surface area (TPSA) is 237 Å². The molecule has 0 aliphatic rings. The van der Waals surface area contributed by atoms with Gasteiger partial charge in [-0.2, -0.15) is 0 Å². The van der Waals surface area contributed by atoms with Crippen molar-refractivity contribution in [3.8, 4) is 0 Å². The number of ether oxygens (including phenoxy) is 4. The van der Waals surface area contributed by atoms with Crippen LogP contribution in [0.5, 0.6) is 0 Å². The van der Waals surface area contributed by atoms with Crippen LogP contribution in [0, 0.1) is 0 Å². The average Bonchev–Trinajstić information content (AvgIpc) is 0.916. The quantitative estimate of drug-likeness (QED) is 0.0169. The molecule has 5 unspecified atom stereocenters. The van der Waals surface area contributed by atoms with E-state index in [0.29, 0.717) is 25.7 Å². The lowest BCUT2D eigenvalue weighted by Gasteiger charge is -2.21. The number of phosphoric ester groups is 2. The molecule has 3 N–H and O–H groups in total. The normalized spacial score (nSPS) is 14.6. The molecule has 0 aromatic carbocycles. The van der Waals surface area contributed by atoms with Gasteiger partial charge in [-0.3, -0.25) is 37.3 Å². The van der Waals surface area contributed by atoms with Gasteiger partial charge < -0.3 is 33.8 Å². The SMILES string of the molecule is CC/C=C\C/C=C\C/C=C\C/C=C\C/C=C\CC(=O)OCC(COP(=O)(O)OCC(O)COP(=O)(O)OCC(COC(=O)CCCCCCCC/C=C\C/C=C\C/C=C\CCCCC)OC(=O)CCCCCCCCC/C=C\C/C=C\C/C=C\CC)OC(=O)CCCCCCC/C=C\CCCCCC. The molecular weight excluding hydrogens is 1350 g/mol. The summed E-state index contributed by atoms with van der Waals surface area (Å²) in [7, 11) is -10.00. The molecule has 0 saturated heterocycles. The summed E-state index contributed by atoms with van der Waals surface area (Å²) >= 11 is 0. The van der Waals surface area contributed by atoms with Gasteiger partial charge in [-0.05, 0) is 148 Å². The molecule has 0 aromatic rings. The van der Waals surface area contributed by atoms with Crippen molar-refractivity contribution in [3.05, 3.63) is 146 Å². The Hall–Kier alpha value is -5.06. The first-order valence-corrected chi connectivity index (χ1v) is 43.1. The van der Waals surface area contributed by atoms with Crippen LogP contribution in [0.1, 0.15) is 310 Å². The minimum absolute atomic E-state index is 0.0619. The molecule has 0 heterocycles. The van der Waals surface area contributed by atoms with Gasteiger partial charge in [0.25, 0.3) is 0 Å². The minimum Gasteiger partial charge on any atom is -0.462 e. The highest BCUT2D eigenvalue weighted by atomic mass is 31.2. The van der Waals surface area contributed by atoms with E-state index >= 15 is 0 Å². The number of carbonyl (C=O) groups is 4. The Bertz CT molecular complexity index is 2540. The zero-order valence-corrected chi connectivity index (χ0v) is 66.7. The van der Waals surface area contributed by atoms with E-state index in [-0.39, 0.29) is 25.7 Å². The van der Waals surface area contributed by atoms with E-state index in [1.54, 1.807) is 6.08 Å². The number of carbonyl (C=O) groups excluding carboxylic acids is 4. The van der Waals surface area contributed by atoms with Gasteiger partial charge in [-0.15, -0.1) is 0 Å². The Labute approximate surface area is 630 Å². The molecule has 0 aliphatic carbocycles. The van der Waals surface area contributed by atoms with Crippen LogP contribution in [0.3, 0.4) is 0 Å². The Balaban J connectivity index is 5.44.